The van der Waals surface area contributed by atoms with E-state index in [9.17, 15) is 8.78 Å². The van der Waals surface area contributed by atoms with Crippen molar-refractivity contribution in [3.63, 3.8) is 0 Å². The molecule has 1 heterocycles. The molecule has 0 N–H and O–H groups in total. The second kappa shape index (κ2) is 7.99. The molecule has 2 nitrogen and oxygen atoms in total. The van der Waals surface area contributed by atoms with E-state index in [2.05, 4.69) is 6.92 Å². The quantitative estimate of drug-likeness (QED) is 0.642. The summed E-state index contributed by atoms with van der Waals surface area (Å²) in [6, 6.07) is 0. The van der Waals surface area contributed by atoms with Gasteiger partial charge >= 0.3 is 6.11 Å². The number of alkyl halides is 2. The van der Waals surface area contributed by atoms with E-state index < -0.39 is 12.0 Å². The normalized spacial score (nSPS) is 43.5. The molecule has 2 atom stereocenters. The van der Waals surface area contributed by atoms with Gasteiger partial charge in [-0.15, -0.1) is 0 Å². The molecule has 0 aromatic rings. The van der Waals surface area contributed by atoms with Crippen LogP contribution in [0.15, 0.2) is 0 Å². The lowest BCUT2D eigenvalue weighted by Crippen LogP contribution is -2.43. The fourth-order valence-electron chi connectivity index (χ4n) is 4.69. The Hall–Kier alpha value is -0.220. The largest absolute Gasteiger partial charge is 0.378 e. The fraction of sp³-hybridized carbons (Fsp3) is 1.00. The summed E-state index contributed by atoms with van der Waals surface area (Å²) in [5, 5.41) is 0. The molecule has 3 rings (SSSR count). The second-order valence-electron chi connectivity index (χ2n) is 8.69. The zero-order valence-corrected chi connectivity index (χ0v) is 15.3. The highest BCUT2D eigenvalue weighted by atomic mass is 19.3. The van der Waals surface area contributed by atoms with E-state index in [0.29, 0.717) is 18.4 Å². The molecule has 0 radical (unpaired) electrons. The Morgan fingerprint density at radius 3 is 2.17 bits per heavy atom. The molecule has 2 unspecified atom stereocenters. The number of hydrogen-bond acceptors (Lipinski definition) is 2. The van der Waals surface area contributed by atoms with Crippen LogP contribution in [0.2, 0.25) is 0 Å². The van der Waals surface area contributed by atoms with Gasteiger partial charge in [-0.1, -0.05) is 26.7 Å². The van der Waals surface area contributed by atoms with Gasteiger partial charge in [0, 0.05) is 12.5 Å². The van der Waals surface area contributed by atoms with E-state index >= 15 is 0 Å². The predicted molar refractivity (Wildman–Crippen MR) is 91.0 cm³/mol. The van der Waals surface area contributed by atoms with Gasteiger partial charge in [-0.2, -0.15) is 8.78 Å². The minimum absolute atomic E-state index is 0.253. The minimum atomic E-state index is -2.94. The smallest absolute Gasteiger partial charge is 0.358 e. The highest BCUT2D eigenvalue weighted by Crippen LogP contribution is 2.42. The Kier molecular flexibility index (Phi) is 6.18. The molecule has 2 saturated carbocycles. The molecule has 0 spiro atoms. The van der Waals surface area contributed by atoms with Gasteiger partial charge in [0.15, 0.2) is 0 Å². The van der Waals surface area contributed by atoms with Crippen molar-refractivity contribution >= 4 is 0 Å². The Labute approximate surface area is 145 Å². The van der Waals surface area contributed by atoms with Crippen molar-refractivity contribution in [2.24, 2.45) is 23.7 Å². The summed E-state index contributed by atoms with van der Waals surface area (Å²) in [6.45, 7) is 4.83. The second-order valence-corrected chi connectivity index (χ2v) is 8.69. The van der Waals surface area contributed by atoms with Gasteiger partial charge in [-0.25, -0.2) is 0 Å². The van der Waals surface area contributed by atoms with Crippen LogP contribution in [0.5, 0.6) is 0 Å². The first-order chi connectivity index (χ1) is 11.4. The Bertz CT molecular complexity index is 385. The van der Waals surface area contributed by atoms with Crippen molar-refractivity contribution in [2.75, 3.05) is 6.61 Å². The first kappa shape index (κ1) is 18.6. The van der Waals surface area contributed by atoms with Gasteiger partial charge in [0.25, 0.3) is 0 Å². The number of ether oxygens (including phenoxy) is 2. The van der Waals surface area contributed by atoms with Crippen molar-refractivity contribution in [1.82, 2.24) is 0 Å². The third kappa shape index (κ3) is 4.69. The highest BCUT2D eigenvalue weighted by Gasteiger charge is 2.46. The van der Waals surface area contributed by atoms with Crippen LogP contribution in [0.1, 0.15) is 78.1 Å². The first-order valence-electron chi connectivity index (χ1n) is 10.1. The SMILES string of the molecule is CC1CCC(COC2CCC(C3CCC(C)C(F)(F)O3)CC2)CC1. The molecule has 0 amide bonds. The van der Waals surface area contributed by atoms with Crippen molar-refractivity contribution in [1.29, 1.82) is 0 Å². The summed E-state index contributed by atoms with van der Waals surface area (Å²) >= 11 is 0. The summed E-state index contributed by atoms with van der Waals surface area (Å²) < 4.78 is 38.9. The molecule has 1 aliphatic heterocycles. The van der Waals surface area contributed by atoms with Gasteiger partial charge in [0.2, 0.25) is 0 Å². The number of rotatable bonds is 4. The molecule has 4 heteroatoms. The molecule has 0 bridgehead atoms. The van der Waals surface area contributed by atoms with Crippen LogP contribution in [0.25, 0.3) is 0 Å². The Morgan fingerprint density at radius 1 is 0.875 bits per heavy atom. The van der Waals surface area contributed by atoms with Gasteiger partial charge < -0.3 is 9.47 Å². The van der Waals surface area contributed by atoms with E-state index in [-0.39, 0.29) is 6.10 Å². The van der Waals surface area contributed by atoms with Crippen LogP contribution in [0, 0.1) is 23.7 Å². The van der Waals surface area contributed by atoms with Gasteiger partial charge in [-0.05, 0) is 69.1 Å². The molecular formula is C20H34F2O2. The van der Waals surface area contributed by atoms with Crippen LogP contribution in [-0.2, 0) is 9.47 Å². The number of hydrogen-bond donors (Lipinski definition) is 0. The summed E-state index contributed by atoms with van der Waals surface area (Å²) in [7, 11) is 0. The molecule has 0 aromatic heterocycles. The highest BCUT2D eigenvalue weighted by molar-refractivity contribution is 4.84. The third-order valence-corrected chi connectivity index (χ3v) is 6.71. The first-order valence-corrected chi connectivity index (χ1v) is 10.1. The molecule has 1 saturated heterocycles. The third-order valence-electron chi connectivity index (χ3n) is 6.71. The lowest BCUT2D eigenvalue weighted by Gasteiger charge is -2.40. The van der Waals surface area contributed by atoms with Crippen LogP contribution in [0.4, 0.5) is 8.78 Å². The summed E-state index contributed by atoms with van der Waals surface area (Å²) in [4.78, 5) is 0. The standard InChI is InChI=1S/C20H34F2O2/c1-14-3-6-16(7-4-14)13-23-18-10-8-17(9-11-18)19-12-5-15(2)20(21,22)24-19/h14-19H,3-13H2,1-2H3. The minimum Gasteiger partial charge on any atom is -0.378 e. The number of halogens is 2. The van der Waals surface area contributed by atoms with E-state index in [0.717, 1.165) is 50.5 Å². The van der Waals surface area contributed by atoms with Crippen LogP contribution >= 0.6 is 0 Å². The topological polar surface area (TPSA) is 18.5 Å². The predicted octanol–water partition coefficient (Wildman–Crippen LogP) is 5.80. The van der Waals surface area contributed by atoms with Crippen molar-refractivity contribution in [3.8, 4) is 0 Å². The monoisotopic (exact) mass is 344 g/mol. The van der Waals surface area contributed by atoms with Crippen LogP contribution in [0.3, 0.4) is 0 Å². The fourth-order valence-corrected chi connectivity index (χ4v) is 4.69. The van der Waals surface area contributed by atoms with E-state index in [1.807, 2.05) is 0 Å². The van der Waals surface area contributed by atoms with E-state index in [1.54, 1.807) is 6.92 Å². The molecule has 24 heavy (non-hydrogen) atoms. The molecular weight excluding hydrogens is 310 g/mol. The Balaban J connectivity index is 1.37. The van der Waals surface area contributed by atoms with Crippen molar-refractivity contribution in [3.05, 3.63) is 0 Å². The lowest BCUT2D eigenvalue weighted by atomic mass is 9.80. The summed E-state index contributed by atoms with van der Waals surface area (Å²) in [6.07, 6.45) is 7.76. The average Bonchev–Trinajstić information content (AvgIpc) is 2.57. The maximum atomic E-state index is 13.8. The maximum Gasteiger partial charge on any atom is 0.358 e. The molecule has 2 aliphatic carbocycles. The van der Waals surface area contributed by atoms with Crippen molar-refractivity contribution in [2.45, 2.75) is 96.4 Å². The maximum absolute atomic E-state index is 13.8. The lowest BCUT2D eigenvalue weighted by molar-refractivity contribution is -0.319. The van der Waals surface area contributed by atoms with Crippen LogP contribution in [-0.4, -0.2) is 24.9 Å². The molecule has 140 valence electrons. The zero-order valence-electron chi connectivity index (χ0n) is 15.3. The zero-order chi connectivity index (χ0) is 17.2. The molecule has 3 fully saturated rings. The van der Waals surface area contributed by atoms with E-state index in [4.69, 9.17) is 9.47 Å². The Morgan fingerprint density at radius 2 is 1.54 bits per heavy atom. The molecule has 3 aliphatic rings. The van der Waals surface area contributed by atoms with Crippen molar-refractivity contribution < 1.29 is 18.3 Å². The average molecular weight is 344 g/mol. The van der Waals surface area contributed by atoms with Gasteiger partial charge in [0.05, 0.1) is 12.2 Å². The van der Waals surface area contributed by atoms with E-state index in [1.165, 1.54) is 25.7 Å². The van der Waals surface area contributed by atoms with Gasteiger partial charge in [-0.3, -0.25) is 0 Å². The molecule has 0 aromatic carbocycles. The summed E-state index contributed by atoms with van der Waals surface area (Å²) in [5.74, 6) is 1.26. The van der Waals surface area contributed by atoms with Gasteiger partial charge in [0.1, 0.15) is 0 Å². The van der Waals surface area contributed by atoms with Crippen LogP contribution < -0.4 is 0 Å². The summed E-state index contributed by atoms with van der Waals surface area (Å²) in [5.41, 5.74) is 0.